The zero-order chi connectivity index (χ0) is 23.5. The van der Waals surface area contributed by atoms with Crippen LogP contribution in [-0.4, -0.2) is 33.9 Å². The summed E-state index contributed by atoms with van der Waals surface area (Å²) < 4.78 is 11.2. The number of carbonyl (C=O) groups excluding carboxylic acids is 1. The van der Waals surface area contributed by atoms with E-state index in [9.17, 15) is 19.8 Å². The van der Waals surface area contributed by atoms with Crippen molar-refractivity contribution in [2.75, 3.05) is 0 Å². The van der Waals surface area contributed by atoms with E-state index in [-0.39, 0.29) is 12.2 Å². The standard InChI is InChI=1S/C24H31NO6/c1-13-10-18(11-14(2)20(13)26)30-21-15(3)8-17(9-16(21)4)12-19(22(27)28)25-23(29)31-24(5,6)7/h8-11,19,26H,12H2,1-7H3,(H,25,29)(H,27,28). The van der Waals surface area contributed by atoms with Crippen molar-refractivity contribution in [2.45, 2.75) is 66.5 Å². The third kappa shape index (κ3) is 6.64. The minimum absolute atomic E-state index is 0.105. The summed E-state index contributed by atoms with van der Waals surface area (Å²) in [4.78, 5) is 23.7. The minimum Gasteiger partial charge on any atom is -0.507 e. The second-order valence-corrected chi connectivity index (χ2v) is 8.81. The molecule has 2 aromatic rings. The molecule has 0 saturated carbocycles. The number of hydrogen-bond donors (Lipinski definition) is 3. The number of benzene rings is 2. The first-order valence-corrected chi connectivity index (χ1v) is 10.1. The fourth-order valence-electron chi connectivity index (χ4n) is 3.30. The summed E-state index contributed by atoms with van der Waals surface area (Å²) in [6, 6.07) is 6.09. The predicted molar refractivity (Wildman–Crippen MR) is 118 cm³/mol. The van der Waals surface area contributed by atoms with Crippen molar-refractivity contribution in [3.05, 3.63) is 52.1 Å². The molecule has 31 heavy (non-hydrogen) atoms. The van der Waals surface area contributed by atoms with Crippen LogP contribution in [0.15, 0.2) is 24.3 Å². The van der Waals surface area contributed by atoms with Crippen LogP contribution in [0.25, 0.3) is 0 Å². The lowest BCUT2D eigenvalue weighted by Gasteiger charge is -2.22. The molecule has 0 radical (unpaired) electrons. The van der Waals surface area contributed by atoms with Crippen molar-refractivity contribution >= 4 is 12.1 Å². The summed E-state index contributed by atoms with van der Waals surface area (Å²) in [6.45, 7) is 12.5. The number of rotatable bonds is 6. The van der Waals surface area contributed by atoms with Crippen LogP contribution in [0, 0.1) is 27.7 Å². The number of phenols is 1. The smallest absolute Gasteiger partial charge is 0.408 e. The van der Waals surface area contributed by atoms with Gasteiger partial charge in [-0.05, 0) is 88.4 Å². The van der Waals surface area contributed by atoms with Gasteiger partial charge in [0, 0.05) is 6.42 Å². The Morgan fingerprint density at radius 1 is 0.968 bits per heavy atom. The Hall–Kier alpha value is -3.22. The molecular formula is C24H31NO6. The van der Waals surface area contributed by atoms with Crippen LogP contribution < -0.4 is 10.1 Å². The lowest BCUT2D eigenvalue weighted by Crippen LogP contribution is -2.44. The number of carboxylic acids is 1. The number of amides is 1. The quantitative estimate of drug-likeness (QED) is 0.601. The largest absolute Gasteiger partial charge is 0.507 e. The Labute approximate surface area is 183 Å². The lowest BCUT2D eigenvalue weighted by atomic mass is 10.00. The highest BCUT2D eigenvalue weighted by molar-refractivity contribution is 5.80. The number of ether oxygens (including phenoxy) is 2. The molecule has 0 aliphatic rings. The molecule has 7 heteroatoms. The molecule has 7 nitrogen and oxygen atoms in total. The van der Waals surface area contributed by atoms with E-state index in [0.717, 1.165) is 27.8 Å². The third-order valence-corrected chi connectivity index (χ3v) is 4.63. The number of aryl methyl sites for hydroxylation is 4. The molecule has 2 aromatic carbocycles. The Bertz CT molecular complexity index is 944. The number of aromatic hydroxyl groups is 1. The zero-order valence-electron chi connectivity index (χ0n) is 19.1. The molecule has 1 atom stereocenters. The maximum atomic E-state index is 12.0. The van der Waals surface area contributed by atoms with Crippen molar-refractivity contribution in [3.8, 4) is 17.2 Å². The van der Waals surface area contributed by atoms with E-state index in [1.165, 1.54) is 0 Å². The van der Waals surface area contributed by atoms with Crippen molar-refractivity contribution in [3.63, 3.8) is 0 Å². The van der Waals surface area contributed by atoms with E-state index in [0.29, 0.717) is 11.5 Å². The Morgan fingerprint density at radius 3 is 1.94 bits per heavy atom. The molecule has 0 spiro atoms. The van der Waals surface area contributed by atoms with Crippen LogP contribution in [0.4, 0.5) is 4.79 Å². The van der Waals surface area contributed by atoms with Crippen LogP contribution >= 0.6 is 0 Å². The number of carbonyl (C=O) groups is 2. The molecule has 168 valence electrons. The van der Waals surface area contributed by atoms with Gasteiger partial charge < -0.3 is 25.0 Å². The first-order valence-electron chi connectivity index (χ1n) is 10.1. The van der Waals surface area contributed by atoms with Gasteiger partial charge in [-0.3, -0.25) is 0 Å². The lowest BCUT2D eigenvalue weighted by molar-refractivity contribution is -0.139. The number of hydrogen-bond acceptors (Lipinski definition) is 5. The number of aliphatic carboxylic acids is 1. The molecule has 0 aromatic heterocycles. The summed E-state index contributed by atoms with van der Waals surface area (Å²) in [5.41, 5.74) is 3.15. The van der Waals surface area contributed by atoms with Crippen LogP contribution in [0.1, 0.15) is 48.6 Å². The second-order valence-electron chi connectivity index (χ2n) is 8.81. The Balaban J connectivity index is 2.22. The maximum absolute atomic E-state index is 12.0. The van der Waals surface area contributed by atoms with E-state index < -0.39 is 23.7 Å². The summed E-state index contributed by atoms with van der Waals surface area (Å²) >= 11 is 0. The van der Waals surface area contributed by atoms with Gasteiger partial charge in [-0.15, -0.1) is 0 Å². The second kappa shape index (κ2) is 9.29. The molecular weight excluding hydrogens is 398 g/mol. The van der Waals surface area contributed by atoms with Gasteiger partial charge >= 0.3 is 12.1 Å². The van der Waals surface area contributed by atoms with Gasteiger partial charge in [-0.25, -0.2) is 9.59 Å². The predicted octanol–water partition coefficient (Wildman–Crippen LogP) is 4.94. The van der Waals surface area contributed by atoms with Crippen LogP contribution in [0.3, 0.4) is 0 Å². The van der Waals surface area contributed by atoms with Gasteiger partial charge in [-0.2, -0.15) is 0 Å². The average Bonchev–Trinajstić information content (AvgIpc) is 2.60. The van der Waals surface area contributed by atoms with Gasteiger partial charge in [0.2, 0.25) is 0 Å². The number of phenolic OH excluding ortho intramolecular Hbond substituents is 1. The molecule has 0 aliphatic carbocycles. The van der Waals surface area contributed by atoms with E-state index in [1.54, 1.807) is 32.9 Å². The van der Waals surface area contributed by atoms with Gasteiger partial charge in [0.1, 0.15) is 28.9 Å². The van der Waals surface area contributed by atoms with Crippen LogP contribution in [0.5, 0.6) is 17.2 Å². The van der Waals surface area contributed by atoms with Gasteiger partial charge in [0.15, 0.2) is 0 Å². The minimum atomic E-state index is -1.14. The van der Waals surface area contributed by atoms with Crippen molar-refractivity contribution < 1.29 is 29.3 Å². The summed E-state index contributed by atoms with van der Waals surface area (Å²) in [7, 11) is 0. The molecule has 3 N–H and O–H groups in total. The molecule has 1 unspecified atom stereocenters. The molecule has 0 saturated heterocycles. The highest BCUT2D eigenvalue weighted by Gasteiger charge is 2.24. The van der Waals surface area contributed by atoms with Crippen LogP contribution in [-0.2, 0) is 16.0 Å². The van der Waals surface area contributed by atoms with E-state index >= 15 is 0 Å². The Morgan fingerprint density at radius 2 is 1.48 bits per heavy atom. The highest BCUT2D eigenvalue weighted by Crippen LogP contribution is 2.34. The molecule has 0 bridgehead atoms. The fraction of sp³-hybridized carbons (Fsp3) is 0.417. The molecule has 1 amide bonds. The molecule has 0 aliphatic heterocycles. The van der Waals surface area contributed by atoms with E-state index in [4.69, 9.17) is 9.47 Å². The normalized spacial score (nSPS) is 12.2. The zero-order valence-corrected chi connectivity index (χ0v) is 19.1. The highest BCUT2D eigenvalue weighted by atomic mass is 16.6. The van der Waals surface area contributed by atoms with Crippen molar-refractivity contribution in [1.29, 1.82) is 0 Å². The average molecular weight is 430 g/mol. The van der Waals surface area contributed by atoms with Gasteiger partial charge in [0.25, 0.3) is 0 Å². The summed E-state index contributed by atoms with van der Waals surface area (Å²) in [6.07, 6.45) is -0.667. The summed E-state index contributed by atoms with van der Waals surface area (Å²) in [5, 5.41) is 21.9. The SMILES string of the molecule is Cc1cc(Oc2c(C)cc(CC(NC(=O)OC(C)(C)C)C(=O)O)cc2C)cc(C)c1O. The Kier molecular flexibility index (Phi) is 7.21. The summed E-state index contributed by atoms with van der Waals surface area (Å²) in [5.74, 6) is 0.381. The first kappa shape index (κ1) is 24.1. The van der Waals surface area contributed by atoms with Crippen molar-refractivity contribution in [2.24, 2.45) is 0 Å². The van der Waals surface area contributed by atoms with E-state index in [2.05, 4.69) is 5.32 Å². The molecule has 0 heterocycles. The van der Waals surface area contributed by atoms with Gasteiger partial charge in [-0.1, -0.05) is 12.1 Å². The number of carboxylic acid groups (broad SMARTS) is 1. The van der Waals surface area contributed by atoms with Crippen molar-refractivity contribution in [1.82, 2.24) is 5.32 Å². The first-order chi connectivity index (χ1) is 14.3. The van der Waals surface area contributed by atoms with E-state index in [1.807, 2.05) is 39.8 Å². The maximum Gasteiger partial charge on any atom is 0.408 e. The molecule has 2 rings (SSSR count). The fourth-order valence-corrected chi connectivity index (χ4v) is 3.30. The third-order valence-electron chi connectivity index (χ3n) is 4.63. The number of nitrogens with one attached hydrogen (secondary N) is 1. The number of alkyl carbamates (subject to hydrolysis) is 1. The monoisotopic (exact) mass is 429 g/mol. The topological polar surface area (TPSA) is 105 Å². The van der Waals surface area contributed by atoms with Crippen LogP contribution in [0.2, 0.25) is 0 Å². The molecule has 0 fully saturated rings. The van der Waals surface area contributed by atoms with Gasteiger partial charge in [0.05, 0.1) is 0 Å².